The van der Waals surface area contributed by atoms with Crippen LogP contribution >= 0.6 is 0 Å². The summed E-state index contributed by atoms with van der Waals surface area (Å²) in [5.41, 5.74) is 2.30. The van der Waals surface area contributed by atoms with Crippen molar-refractivity contribution in [1.82, 2.24) is 4.90 Å². The Morgan fingerprint density at radius 3 is 2.10 bits per heavy atom. The number of nitrogens with zero attached hydrogens (tertiary/aromatic N) is 1. The maximum atomic E-state index is 12.9. The zero-order valence-electron chi connectivity index (χ0n) is 17.0. The van der Waals surface area contributed by atoms with Gasteiger partial charge in [-0.2, -0.15) is 0 Å². The van der Waals surface area contributed by atoms with Crippen LogP contribution in [-0.4, -0.2) is 36.8 Å². The second-order valence-corrected chi connectivity index (χ2v) is 6.96. The fraction of sp³-hybridized carbons (Fsp3) is 0.125. The molecule has 0 fully saturated rings. The molecule has 0 aromatic heterocycles. The van der Waals surface area contributed by atoms with Gasteiger partial charge in [0, 0.05) is 5.69 Å². The Hall–Kier alpha value is -4.13. The average Bonchev–Trinajstić information content (AvgIpc) is 3.04. The summed E-state index contributed by atoms with van der Waals surface area (Å²) in [6.07, 6.45) is 0. The Bertz CT molecular complexity index is 1140. The third kappa shape index (κ3) is 3.85. The molecule has 0 radical (unpaired) electrons. The summed E-state index contributed by atoms with van der Waals surface area (Å²) in [7, 11) is 3.04. The summed E-state index contributed by atoms with van der Waals surface area (Å²) >= 11 is 0. The van der Waals surface area contributed by atoms with Crippen molar-refractivity contribution >= 4 is 23.4 Å². The minimum absolute atomic E-state index is 0.0547. The molecule has 0 aliphatic carbocycles. The van der Waals surface area contributed by atoms with E-state index in [9.17, 15) is 14.4 Å². The molecule has 0 spiro atoms. The van der Waals surface area contributed by atoms with Crippen LogP contribution < -0.4 is 14.8 Å². The van der Waals surface area contributed by atoms with Crippen molar-refractivity contribution in [3.05, 3.63) is 89.0 Å². The van der Waals surface area contributed by atoms with Crippen molar-refractivity contribution in [1.29, 1.82) is 0 Å². The number of nitrogens with one attached hydrogen (secondary N) is 1. The number of carbonyl (C=O) groups excluding carboxylic acids is 3. The lowest BCUT2D eigenvalue weighted by molar-refractivity contribution is 0.0642. The molecule has 3 aromatic rings. The molecule has 0 unspecified atom stereocenters. The minimum Gasteiger partial charge on any atom is -0.497 e. The molecular weight excluding hydrogens is 396 g/mol. The van der Waals surface area contributed by atoms with E-state index in [0.29, 0.717) is 39.4 Å². The highest BCUT2D eigenvalue weighted by atomic mass is 16.5. The van der Waals surface area contributed by atoms with Gasteiger partial charge in [-0.05, 0) is 54.1 Å². The topological polar surface area (TPSA) is 84.9 Å². The third-order valence-corrected chi connectivity index (χ3v) is 5.08. The Kier molecular flexibility index (Phi) is 5.41. The van der Waals surface area contributed by atoms with E-state index in [1.807, 2.05) is 0 Å². The fourth-order valence-corrected chi connectivity index (χ4v) is 3.47. The lowest BCUT2D eigenvalue weighted by Gasteiger charge is -2.16. The number of benzene rings is 3. The van der Waals surface area contributed by atoms with Gasteiger partial charge in [0.05, 0.1) is 37.5 Å². The summed E-state index contributed by atoms with van der Waals surface area (Å²) in [5, 5.41) is 2.81. The Labute approximate surface area is 179 Å². The highest BCUT2D eigenvalue weighted by Gasteiger charge is 2.35. The van der Waals surface area contributed by atoms with Crippen LogP contribution in [0.1, 0.15) is 36.6 Å². The number of fused-ring (bicyclic) bond motifs is 1. The molecule has 0 atom stereocenters. The zero-order valence-corrected chi connectivity index (χ0v) is 17.0. The molecule has 1 heterocycles. The molecule has 156 valence electrons. The molecular formula is C24H20N2O5. The number of anilines is 1. The van der Waals surface area contributed by atoms with Crippen molar-refractivity contribution in [3.8, 4) is 11.5 Å². The number of methoxy groups -OCH3 is 2. The number of hydrogen-bond acceptors (Lipinski definition) is 5. The predicted molar refractivity (Wildman–Crippen MR) is 115 cm³/mol. The van der Waals surface area contributed by atoms with E-state index >= 15 is 0 Å². The van der Waals surface area contributed by atoms with Crippen LogP contribution in [0.15, 0.2) is 66.7 Å². The summed E-state index contributed by atoms with van der Waals surface area (Å²) in [4.78, 5) is 39.3. The van der Waals surface area contributed by atoms with Gasteiger partial charge in [0.1, 0.15) is 11.5 Å². The molecule has 1 aliphatic rings. The van der Waals surface area contributed by atoms with E-state index in [1.54, 1.807) is 73.8 Å². The third-order valence-electron chi connectivity index (χ3n) is 5.08. The highest BCUT2D eigenvalue weighted by Crippen LogP contribution is 2.27. The van der Waals surface area contributed by atoms with E-state index in [2.05, 4.69) is 5.32 Å². The van der Waals surface area contributed by atoms with Crippen LogP contribution in [0.4, 0.5) is 5.69 Å². The molecule has 0 bridgehead atoms. The Balaban J connectivity index is 1.57. The predicted octanol–water partition coefficient (Wildman–Crippen LogP) is 3.75. The molecule has 1 aliphatic heterocycles. The molecule has 3 aromatic carbocycles. The first-order valence-electron chi connectivity index (χ1n) is 9.59. The van der Waals surface area contributed by atoms with Gasteiger partial charge in [-0.15, -0.1) is 0 Å². The molecule has 7 heteroatoms. The molecule has 7 nitrogen and oxygen atoms in total. The summed E-state index contributed by atoms with van der Waals surface area (Å²) in [6, 6.07) is 18.7. The Morgan fingerprint density at radius 2 is 1.52 bits per heavy atom. The number of rotatable bonds is 6. The van der Waals surface area contributed by atoms with Crippen molar-refractivity contribution < 1.29 is 23.9 Å². The number of imide groups is 1. The van der Waals surface area contributed by atoms with Crippen LogP contribution in [-0.2, 0) is 6.54 Å². The van der Waals surface area contributed by atoms with Gasteiger partial charge < -0.3 is 14.8 Å². The largest absolute Gasteiger partial charge is 0.497 e. The first kappa shape index (κ1) is 20.2. The van der Waals surface area contributed by atoms with E-state index in [1.165, 1.54) is 12.0 Å². The van der Waals surface area contributed by atoms with Crippen LogP contribution in [0.25, 0.3) is 0 Å². The second kappa shape index (κ2) is 8.31. The minimum atomic E-state index is -0.369. The molecule has 4 rings (SSSR count). The number of ether oxygens (including phenoxy) is 2. The van der Waals surface area contributed by atoms with Gasteiger partial charge >= 0.3 is 0 Å². The van der Waals surface area contributed by atoms with Crippen LogP contribution in [0.3, 0.4) is 0 Å². The molecule has 31 heavy (non-hydrogen) atoms. The van der Waals surface area contributed by atoms with Crippen molar-refractivity contribution in [2.45, 2.75) is 6.54 Å². The number of hydrogen-bond donors (Lipinski definition) is 1. The normalized spacial score (nSPS) is 12.5. The van der Waals surface area contributed by atoms with Gasteiger partial charge in [-0.1, -0.05) is 18.2 Å². The fourth-order valence-electron chi connectivity index (χ4n) is 3.47. The number of carbonyl (C=O) groups is 3. The molecule has 1 N–H and O–H groups in total. The summed E-state index contributed by atoms with van der Waals surface area (Å²) in [6.45, 7) is 0.0547. The first-order chi connectivity index (χ1) is 15.0. The molecule has 0 saturated carbocycles. The van der Waals surface area contributed by atoms with Crippen molar-refractivity contribution in [2.75, 3.05) is 19.5 Å². The first-order valence-corrected chi connectivity index (χ1v) is 9.59. The average molecular weight is 416 g/mol. The van der Waals surface area contributed by atoms with Gasteiger partial charge in [0.2, 0.25) is 0 Å². The van der Waals surface area contributed by atoms with Crippen molar-refractivity contribution in [3.63, 3.8) is 0 Å². The highest BCUT2D eigenvalue weighted by molar-refractivity contribution is 6.21. The van der Waals surface area contributed by atoms with Crippen LogP contribution in [0, 0.1) is 0 Å². The lowest BCUT2D eigenvalue weighted by atomic mass is 10.1. The zero-order chi connectivity index (χ0) is 22.0. The quantitative estimate of drug-likeness (QED) is 0.619. The van der Waals surface area contributed by atoms with E-state index in [0.717, 1.165) is 0 Å². The smallest absolute Gasteiger partial charge is 0.261 e. The van der Waals surface area contributed by atoms with E-state index in [4.69, 9.17) is 9.47 Å². The second-order valence-electron chi connectivity index (χ2n) is 6.96. The molecule has 3 amide bonds. The Morgan fingerprint density at radius 1 is 0.871 bits per heavy atom. The van der Waals surface area contributed by atoms with E-state index < -0.39 is 0 Å². The van der Waals surface area contributed by atoms with E-state index in [-0.39, 0.29) is 24.3 Å². The monoisotopic (exact) mass is 416 g/mol. The SMILES string of the molecule is COc1ccc(NC(=O)c2cc(CN3C(=O)c4ccccc4C3=O)ccc2OC)cc1. The van der Waals surface area contributed by atoms with Crippen LogP contribution in [0.2, 0.25) is 0 Å². The lowest BCUT2D eigenvalue weighted by Crippen LogP contribution is -2.29. The van der Waals surface area contributed by atoms with Gasteiger partial charge in [-0.25, -0.2) is 0 Å². The van der Waals surface area contributed by atoms with Gasteiger partial charge in [0.15, 0.2) is 0 Å². The maximum absolute atomic E-state index is 12.9. The molecule has 0 saturated heterocycles. The van der Waals surface area contributed by atoms with Crippen molar-refractivity contribution in [2.24, 2.45) is 0 Å². The number of amides is 3. The van der Waals surface area contributed by atoms with Gasteiger partial charge in [0.25, 0.3) is 17.7 Å². The van der Waals surface area contributed by atoms with Crippen LogP contribution in [0.5, 0.6) is 11.5 Å². The van der Waals surface area contributed by atoms with Gasteiger partial charge in [-0.3, -0.25) is 19.3 Å². The summed E-state index contributed by atoms with van der Waals surface area (Å²) in [5.74, 6) is 0.00294. The standard InChI is InChI=1S/C24H20N2O5/c1-30-17-10-8-16(9-11-17)25-22(27)20-13-15(7-12-21(20)31-2)14-26-23(28)18-5-3-4-6-19(18)24(26)29/h3-13H,14H2,1-2H3,(H,25,27). The maximum Gasteiger partial charge on any atom is 0.261 e. The summed E-state index contributed by atoms with van der Waals surface area (Å²) < 4.78 is 10.5.